The molecule has 5 fully saturated rings. The van der Waals surface area contributed by atoms with Crippen LogP contribution in [0.4, 0.5) is 5.95 Å². The van der Waals surface area contributed by atoms with E-state index in [0.717, 1.165) is 73.7 Å². The lowest BCUT2D eigenvalue weighted by atomic mass is 9.92. The fourth-order valence-electron chi connectivity index (χ4n) is 6.78. The zero-order valence-corrected chi connectivity index (χ0v) is 21.6. The summed E-state index contributed by atoms with van der Waals surface area (Å²) in [6.45, 7) is 6.44. The summed E-state index contributed by atoms with van der Waals surface area (Å²) in [5.74, 6) is 1.32. The van der Waals surface area contributed by atoms with E-state index in [0.29, 0.717) is 17.9 Å². The van der Waals surface area contributed by atoms with E-state index in [1.54, 1.807) is 0 Å². The van der Waals surface area contributed by atoms with Gasteiger partial charge in [0.2, 0.25) is 5.95 Å². The van der Waals surface area contributed by atoms with E-state index in [4.69, 9.17) is 4.98 Å². The summed E-state index contributed by atoms with van der Waals surface area (Å²) in [6.07, 6.45) is 9.68. The van der Waals surface area contributed by atoms with Gasteiger partial charge < -0.3 is 15.3 Å². The highest BCUT2D eigenvalue weighted by atomic mass is 16.3. The van der Waals surface area contributed by atoms with Crippen LogP contribution in [0.5, 0.6) is 0 Å². The molecule has 3 aliphatic heterocycles. The number of benzene rings is 1. The van der Waals surface area contributed by atoms with Crippen LogP contribution in [0.1, 0.15) is 63.0 Å². The van der Waals surface area contributed by atoms with Crippen LogP contribution in [-0.2, 0) is 6.54 Å². The van der Waals surface area contributed by atoms with Gasteiger partial charge in [-0.3, -0.25) is 14.3 Å². The summed E-state index contributed by atoms with van der Waals surface area (Å²) in [5.41, 5.74) is 1.97. The lowest BCUT2D eigenvalue weighted by Crippen LogP contribution is -2.37. The van der Waals surface area contributed by atoms with Gasteiger partial charge in [0, 0.05) is 55.2 Å². The van der Waals surface area contributed by atoms with Gasteiger partial charge in [-0.05, 0) is 87.4 Å². The summed E-state index contributed by atoms with van der Waals surface area (Å²) in [4.78, 5) is 28.9. The molecule has 5 heterocycles. The van der Waals surface area contributed by atoms with Gasteiger partial charge in [-0.15, -0.1) is 0 Å². The fraction of sp³-hybridized carbons (Fsp3) is 0.621. The quantitative estimate of drug-likeness (QED) is 0.499. The van der Waals surface area contributed by atoms with Crippen LogP contribution >= 0.6 is 0 Å². The number of nitrogens with one attached hydrogen (secondary N) is 1. The van der Waals surface area contributed by atoms with Crippen molar-refractivity contribution < 1.29 is 5.11 Å². The fourth-order valence-corrected chi connectivity index (χ4v) is 6.78. The van der Waals surface area contributed by atoms with Crippen LogP contribution in [0.2, 0.25) is 0 Å². The van der Waals surface area contributed by atoms with Gasteiger partial charge in [-0.1, -0.05) is 12.1 Å². The van der Waals surface area contributed by atoms with Gasteiger partial charge in [0.05, 0.1) is 6.10 Å². The topological polar surface area (TPSA) is 86.5 Å². The highest BCUT2D eigenvalue weighted by Crippen LogP contribution is 2.33. The first-order valence-electron chi connectivity index (χ1n) is 14.3. The highest BCUT2D eigenvalue weighted by Gasteiger charge is 2.30. The van der Waals surface area contributed by atoms with Crippen molar-refractivity contribution in [3.05, 3.63) is 40.3 Å². The molecule has 0 spiro atoms. The molecule has 0 radical (unpaired) electrons. The smallest absolute Gasteiger partial charge is 0.260 e. The molecule has 2 aromatic heterocycles. The van der Waals surface area contributed by atoms with Crippen LogP contribution in [0.3, 0.4) is 0 Å². The number of aliphatic hydroxyl groups is 1. The van der Waals surface area contributed by atoms with Gasteiger partial charge >= 0.3 is 0 Å². The molecular weight excluding hydrogens is 464 g/mol. The van der Waals surface area contributed by atoms with Crippen molar-refractivity contribution in [2.75, 3.05) is 38.0 Å². The Morgan fingerprint density at radius 1 is 0.892 bits per heavy atom. The van der Waals surface area contributed by atoms with E-state index < -0.39 is 0 Å². The molecule has 5 aliphatic rings. The van der Waals surface area contributed by atoms with E-state index >= 15 is 0 Å². The third-order valence-electron chi connectivity index (χ3n) is 9.26. The number of aliphatic hydroxyl groups excluding tert-OH is 1. The summed E-state index contributed by atoms with van der Waals surface area (Å²) < 4.78 is 1.93. The molecule has 8 nitrogen and oxygen atoms in total. The minimum Gasteiger partial charge on any atom is -0.393 e. The first-order valence-corrected chi connectivity index (χ1v) is 14.3. The normalized spacial score (nSPS) is 28.6. The first kappa shape index (κ1) is 23.6. The van der Waals surface area contributed by atoms with Crippen LogP contribution < -0.4 is 10.9 Å². The van der Waals surface area contributed by atoms with Crippen molar-refractivity contribution in [1.29, 1.82) is 0 Å². The SMILES string of the molecule is O=c1c2cc(CN3CCN4CCC3CC4)ccc2c2cnc(NCC3CC3)nc2n1[C@H]1CC[C@H](O)CC1. The van der Waals surface area contributed by atoms with E-state index in [1.165, 1.54) is 44.3 Å². The van der Waals surface area contributed by atoms with Gasteiger partial charge in [0.1, 0.15) is 5.65 Å². The van der Waals surface area contributed by atoms with Gasteiger partial charge in [0.25, 0.3) is 5.56 Å². The average molecular weight is 503 g/mol. The molecule has 196 valence electrons. The van der Waals surface area contributed by atoms with E-state index in [2.05, 4.69) is 38.3 Å². The predicted molar refractivity (Wildman–Crippen MR) is 146 cm³/mol. The number of fused-ring (bicyclic) bond motifs is 7. The number of piperidine rings is 1. The number of hydrogen-bond acceptors (Lipinski definition) is 7. The molecule has 2 bridgehead atoms. The maximum Gasteiger partial charge on any atom is 0.260 e. The number of hydrogen-bond donors (Lipinski definition) is 2. The Morgan fingerprint density at radius 2 is 1.70 bits per heavy atom. The average Bonchev–Trinajstić information content (AvgIpc) is 3.78. The Bertz CT molecular complexity index is 1350. The van der Waals surface area contributed by atoms with Crippen molar-refractivity contribution in [2.45, 2.75) is 76.1 Å². The van der Waals surface area contributed by atoms with Crippen molar-refractivity contribution in [1.82, 2.24) is 24.3 Å². The Hall–Kier alpha value is -2.55. The lowest BCUT2D eigenvalue weighted by Gasteiger charge is -2.31. The number of anilines is 1. The summed E-state index contributed by atoms with van der Waals surface area (Å²) in [5, 5.41) is 16.2. The van der Waals surface area contributed by atoms with Crippen LogP contribution in [0, 0.1) is 5.92 Å². The lowest BCUT2D eigenvalue weighted by molar-refractivity contribution is 0.111. The molecule has 8 heteroatoms. The molecule has 8 rings (SSSR count). The second-order valence-electron chi connectivity index (χ2n) is 11.8. The van der Waals surface area contributed by atoms with Gasteiger partial charge in [-0.25, -0.2) is 4.98 Å². The van der Waals surface area contributed by atoms with E-state index in [9.17, 15) is 9.90 Å². The van der Waals surface area contributed by atoms with Crippen molar-refractivity contribution in [3.63, 3.8) is 0 Å². The number of pyridine rings is 1. The second kappa shape index (κ2) is 9.64. The van der Waals surface area contributed by atoms with E-state index in [1.807, 2.05) is 10.8 Å². The summed E-state index contributed by atoms with van der Waals surface area (Å²) >= 11 is 0. The molecule has 0 atom stereocenters. The summed E-state index contributed by atoms with van der Waals surface area (Å²) in [7, 11) is 0. The number of nitrogens with zero attached hydrogens (tertiary/aromatic N) is 5. The minimum absolute atomic E-state index is 0.0421. The largest absolute Gasteiger partial charge is 0.393 e. The van der Waals surface area contributed by atoms with Gasteiger partial charge in [0.15, 0.2) is 0 Å². The highest BCUT2D eigenvalue weighted by molar-refractivity contribution is 6.04. The third-order valence-corrected chi connectivity index (χ3v) is 9.26. The summed E-state index contributed by atoms with van der Waals surface area (Å²) in [6, 6.07) is 7.13. The zero-order chi connectivity index (χ0) is 24.9. The van der Waals surface area contributed by atoms with E-state index in [-0.39, 0.29) is 17.7 Å². The Morgan fingerprint density at radius 3 is 2.49 bits per heavy atom. The maximum atomic E-state index is 14.1. The first-order chi connectivity index (χ1) is 18.1. The Kier molecular flexibility index (Phi) is 6.14. The van der Waals surface area contributed by atoms with Gasteiger partial charge in [-0.2, -0.15) is 4.98 Å². The molecule has 37 heavy (non-hydrogen) atoms. The molecule has 0 unspecified atom stereocenters. The van der Waals surface area contributed by atoms with Crippen molar-refractivity contribution in [3.8, 4) is 0 Å². The molecule has 0 amide bonds. The zero-order valence-electron chi connectivity index (χ0n) is 21.6. The maximum absolute atomic E-state index is 14.1. The molecule has 2 aliphatic carbocycles. The molecule has 1 aromatic carbocycles. The standard InChI is InChI=1S/C29H38N6O2/c36-23-6-4-22(5-7-23)35-27-26(17-31-29(32-27)30-16-19-1-2-19)24-8-3-20(15-25(24)28(35)37)18-34-14-13-33-11-9-21(34)10-12-33/h3,8,15,17,19,21-23,36H,1-2,4-7,9-14,16,18H2,(H,30,31,32)/t22-,23-. The predicted octanol–water partition coefficient (Wildman–Crippen LogP) is 3.52. The monoisotopic (exact) mass is 502 g/mol. The Labute approximate surface area is 217 Å². The third kappa shape index (κ3) is 4.64. The van der Waals surface area contributed by atoms with Crippen LogP contribution in [0.15, 0.2) is 29.2 Å². The molecule has 3 saturated heterocycles. The van der Waals surface area contributed by atoms with Crippen LogP contribution in [-0.4, -0.2) is 74.3 Å². The molecular formula is C29H38N6O2. The number of aromatic nitrogens is 3. The Balaban J connectivity index is 1.29. The second-order valence-corrected chi connectivity index (χ2v) is 11.8. The van der Waals surface area contributed by atoms with Crippen molar-refractivity contribution in [2.24, 2.45) is 5.92 Å². The number of rotatable bonds is 6. The van der Waals surface area contributed by atoms with Crippen LogP contribution in [0.25, 0.3) is 21.8 Å². The molecule has 3 aromatic rings. The van der Waals surface area contributed by atoms with Crippen molar-refractivity contribution >= 4 is 27.8 Å². The molecule has 2 N–H and O–H groups in total. The molecule has 2 saturated carbocycles. The minimum atomic E-state index is -0.268.